The van der Waals surface area contributed by atoms with Crippen molar-refractivity contribution in [3.05, 3.63) is 71.3 Å². The molecule has 0 aromatic heterocycles. The fourth-order valence-corrected chi connectivity index (χ4v) is 6.69. The van der Waals surface area contributed by atoms with Crippen LogP contribution in [0.1, 0.15) is 61.6 Å². The molecule has 0 aliphatic heterocycles. The summed E-state index contributed by atoms with van der Waals surface area (Å²) < 4.78 is 0. The molecular formula is C26H30O2. The number of aliphatic hydroxyl groups is 1. The maximum atomic E-state index is 11.7. The SMILES string of the molecule is C[C@]12CC[C@@H]3c4ccc(O)cc4CC[C@H]3[C@@H]1CC[C@@]2(O)/C=C\c1ccccc1. The van der Waals surface area contributed by atoms with Gasteiger partial charge in [0.25, 0.3) is 0 Å². The van der Waals surface area contributed by atoms with Crippen molar-refractivity contribution >= 4 is 6.08 Å². The molecule has 2 fully saturated rings. The molecule has 2 nitrogen and oxygen atoms in total. The summed E-state index contributed by atoms with van der Waals surface area (Å²) in [5.74, 6) is 2.19. The number of rotatable bonds is 2. The van der Waals surface area contributed by atoms with Gasteiger partial charge in [0.05, 0.1) is 5.60 Å². The standard InChI is InChI=1S/C26H30O2/c1-25-14-12-22-21-10-8-20(27)17-19(21)7-9-23(22)24(25)13-16-26(25,28)15-11-18-5-3-2-4-6-18/h2-6,8,10-11,15,17,22-24,27-28H,7,9,12-14,16H2,1H3/b15-11-/t22-,23-,24+,25+,26+/m1/s1. The Hall–Kier alpha value is -2.06. The molecule has 3 aliphatic rings. The highest BCUT2D eigenvalue weighted by Gasteiger charge is 2.60. The van der Waals surface area contributed by atoms with Gasteiger partial charge < -0.3 is 10.2 Å². The number of phenolic OH excluding ortho intramolecular Hbond substituents is 1. The molecule has 3 aliphatic carbocycles. The van der Waals surface area contributed by atoms with Crippen molar-refractivity contribution in [3.63, 3.8) is 0 Å². The second kappa shape index (κ2) is 6.49. The highest BCUT2D eigenvalue weighted by atomic mass is 16.3. The largest absolute Gasteiger partial charge is 0.508 e. The van der Waals surface area contributed by atoms with Crippen molar-refractivity contribution < 1.29 is 10.2 Å². The van der Waals surface area contributed by atoms with Gasteiger partial charge >= 0.3 is 0 Å². The maximum Gasteiger partial charge on any atom is 0.115 e. The smallest absolute Gasteiger partial charge is 0.115 e. The Bertz CT molecular complexity index is 902. The van der Waals surface area contributed by atoms with E-state index in [4.69, 9.17) is 0 Å². The van der Waals surface area contributed by atoms with E-state index in [1.807, 2.05) is 30.3 Å². The quantitative estimate of drug-likeness (QED) is 0.708. The molecule has 0 unspecified atom stereocenters. The third-order valence-electron chi connectivity index (χ3n) is 8.28. The van der Waals surface area contributed by atoms with E-state index in [-0.39, 0.29) is 5.41 Å². The maximum absolute atomic E-state index is 11.7. The molecule has 5 atom stereocenters. The van der Waals surface area contributed by atoms with E-state index in [0.29, 0.717) is 23.5 Å². The van der Waals surface area contributed by atoms with E-state index in [1.165, 1.54) is 17.5 Å². The number of phenols is 1. The summed E-state index contributed by atoms with van der Waals surface area (Å²) in [6, 6.07) is 16.3. The van der Waals surface area contributed by atoms with E-state index in [1.54, 1.807) is 0 Å². The van der Waals surface area contributed by atoms with Gasteiger partial charge in [0, 0.05) is 5.41 Å². The molecule has 0 heterocycles. The predicted molar refractivity (Wildman–Crippen MR) is 113 cm³/mol. The van der Waals surface area contributed by atoms with E-state index < -0.39 is 5.60 Å². The average Bonchev–Trinajstić information content (AvgIpc) is 2.98. The first-order chi connectivity index (χ1) is 13.5. The molecule has 0 saturated heterocycles. The number of fused-ring (bicyclic) bond motifs is 5. The van der Waals surface area contributed by atoms with Gasteiger partial charge in [-0.15, -0.1) is 0 Å². The first kappa shape index (κ1) is 18.0. The van der Waals surface area contributed by atoms with Crippen LogP contribution in [-0.2, 0) is 6.42 Å². The van der Waals surface area contributed by atoms with Crippen molar-refractivity contribution in [1.82, 2.24) is 0 Å². The lowest BCUT2D eigenvalue weighted by molar-refractivity contribution is -0.0705. The van der Waals surface area contributed by atoms with Crippen LogP contribution in [0.25, 0.3) is 6.08 Å². The van der Waals surface area contributed by atoms with E-state index >= 15 is 0 Å². The first-order valence-electron chi connectivity index (χ1n) is 10.8. The molecule has 2 saturated carbocycles. The summed E-state index contributed by atoms with van der Waals surface area (Å²) >= 11 is 0. The molecule has 2 aromatic carbocycles. The Morgan fingerprint density at radius 1 is 1.00 bits per heavy atom. The molecule has 0 bridgehead atoms. The second-order valence-corrected chi connectivity index (χ2v) is 9.46. The molecule has 146 valence electrons. The zero-order valence-electron chi connectivity index (χ0n) is 16.6. The van der Waals surface area contributed by atoms with Crippen LogP contribution in [0.3, 0.4) is 0 Å². The normalized spacial score (nSPS) is 36.7. The minimum absolute atomic E-state index is 0.0477. The Morgan fingerprint density at radius 2 is 1.82 bits per heavy atom. The van der Waals surface area contributed by atoms with E-state index in [9.17, 15) is 10.2 Å². The summed E-state index contributed by atoms with van der Waals surface area (Å²) in [6.45, 7) is 2.34. The molecule has 0 spiro atoms. The lowest BCUT2D eigenvalue weighted by atomic mass is 9.53. The number of aromatic hydroxyl groups is 1. The van der Waals surface area contributed by atoms with Gasteiger partial charge in [0.15, 0.2) is 0 Å². The van der Waals surface area contributed by atoms with Crippen molar-refractivity contribution in [3.8, 4) is 5.75 Å². The Morgan fingerprint density at radius 3 is 2.64 bits per heavy atom. The van der Waals surface area contributed by atoms with Gasteiger partial charge in [-0.25, -0.2) is 0 Å². The molecule has 28 heavy (non-hydrogen) atoms. The third kappa shape index (κ3) is 2.65. The lowest BCUT2D eigenvalue weighted by Crippen LogP contribution is -2.49. The molecule has 2 N–H and O–H groups in total. The second-order valence-electron chi connectivity index (χ2n) is 9.46. The lowest BCUT2D eigenvalue weighted by Gasteiger charge is -2.52. The molecule has 0 amide bonds. The summed E-state index contributed by atoms with van der Waals surface area (Å²) in [5.41, 5.74) is 3.18. The van der Waals surface area contributed by atoms with Gasteiger partial charge in [-0.2, -0.15) is 0 Å². The fourth-order valence-electron chi connectivity index (χ4n) is 6.69. The van der Waals surface area contributed by atoms with Gasteiger partial charge in [-0.3, -0.25) is 0 Å². The first-order valence-corrected chi connectivity index (χ1v) is 10.8. The van der Waals surface area contributed by atoms with Crippen LogP contribution in [0, 0.1) is 17.3 Å². The number of aryl methyl sites for hydroxylation is 1. The molecule has 0 radical (unpaired) electrons. The van der Waals surface area contributed by atoms with Crippen molar-refractivity contribution in [2.24, 2.45) is 17.3 Å². The van der Waals surface area contributed by atoms with Crippen LogP contribution in [-0.4, -0.2) is 15.8 Å². The van der Waals surface area contributed by atoms with Crippen molar-refractivity contribution in [1.29, 1.82) is 0 Å². The Labute approximate surface area is 167 Å². The van der Waals surface area contributed by atoms with Crippen LogP contribution in [0.5, 0.6) is 5.75 Å². The Kier molecular flexibility index (Phi) is 4.17. The number of hydrogen-bond donors (Lipinski definition) is 2. The summed E-state index contributed by atoms with van der Waals surface area (Å²) in [5, 5.41) is 21.6. The van der Waals surface area contributed by atoms with Crippen molar-refractivity contribution in [2.75, 3.05) is 0 Å². The predicted octanol–water partition coefficient (Wildman–Crippen LogP) is 5.69. The highest BCUT2D eigenvalue weighted by molar-refractivity contribution is 5.51. The van der Waals surface area contributed by atoms with Crippen LogP contribution < -0.4 is 0 Å². The number of benzene rings is 2. The van der Waals surface area contributed by atoms with E-state index in [0.717, 1.165) is 37.7 Å². The average molecular weight is 375 g/mol. The van der Waals surface area contributed by atoms with Crippen LogP contribution in [0.4, 0.5) is 0 Å². The highest BCUT2D eigenvalue weighted by Crippen LogP contribution is 2.64. The molecule has 2 aromatic rings. The van der Waals surface area contributed by atoms with Crippen molar-refractivity contribution in [2.45, 2.75) is 57.0 Å². The summed E-state index contributed by atoms with van der Waals surface area (Å²) in [6.07, 6.45) is 10.6. The molecule has 5 rings (SSSR count). The van der Waals surface area contributed by atoms with Crippen LogP contribution in [0.15, 0.2) is 54.6 Å². The fraction of sp³-hybridized carbons (Fsp3) is 0.462. The van der Waals surface area contributed by atoms with Crippen LogP contribution in [0.2, 0.25) is 0 Å². The zero-order chi connectivity index (χ0) is 19.4. The zero-order valence-corrected chi connectivity index (χ0v) is 16.6. The van der Waals surface area contributed by atoms with Gasteiger partial charge in [-0.1, -0.05) is 55.5 Å². The Balaban J connectivity index is 1.44. The number of hydrogen-bond acceptors (Lipinski definition) is 2. The summed E-state index contributed by atoms with van der Waals surface area (Å²) in [4.78, 5) is 0. The van der Waals surface area contributed by atoms with E-state index in [2.05, 4.69) is 37.3 Å². The minimum atomic E-state index is -0.715. The van der Waals surface area contributed by atoms with Crippen LogP contribution >= 0.6 is 0 Å². The third-order valence-corrected chi connectivity index (χ3v) is 8.28. The summed E-state index contributed by atoms with van der Waals surface area (Å²) in [7, 11) is 0. The molecular weight excluding hydrogens is 344 g/mol. The van der Waals surface area contributed by atoms with Gasteiger partial charge in [0.1, 0.15) is 5.75 Å². The van der Waals surface area contributed by atoms with Gasteiger partial charge in [-0.05, 0) is 85.1 Å². The topological polar surface area (TPSA) is 40.5 Å². The minimum Gasteiger partial charge on any atom is -0.508 e. The molecule has 2 heteroatoms. The van der Waals surface area contributed by atoms with Gasteiger partial charge in [0.2, 0.25) is 0 Å². The monoisotopic (exact) mass is 374 g/mol.